The van der Waals surface area contributed by atoms with Crippen LogP contribution in [0.25, 0.3) is 0 Å². The fourth-order valence-corrected chi connectivity index (χ4v) is 2.38. The fraction of sp³-hybridized carbons (Fsp3) is 0.214. The lowest BCUT2D eigenvalue weighted by Gasteiger charge is -2.16. The third-order valence-electron chi connectivity index (χ3n) is 3.13. The molecule has 0 unspecified atom stereocenters. The first-order valence-corrected chi connectivity index (χ1v) is 6.23. The zero-order chi connectivity index (χ0) is 11.7. The third kappa shape index (κ3) is 2.01. The summed E-state index contributed by atoms with van der Waals surface area (Å²) < 4.78 is 0. The summed E-state index contributed by atoms with van der Waals surface area (Å²) in [4.78, 5) is 6.70. The SMILES string of the molecule is ClCc1ccnc(N2Cc3ccccc3C2)c1. The van der Waals surface area contributed by atoms with Crippen molar-refractivity contribution in [1.82, 2.24) is 4.98 Å². The first-order valence-electron chi connectivity index (χ1n) is 5.69. The van der Waals surface area contributed by atoms with Gasteiger partial charge in [0.2, 0.25) is 0 Å². The molecule has 1 aliphatic heterocycles. The van der Waals surface area contributed by atoms with Gasteiger partial charge in [-0.15, -0.1) is 11.6 Å². The topological polar surface area (TPSA) is 16.1 Å². The smallest absolute Gasteiger partial charge is 0.129 e. The van der Waals surface area contributed by atoms with Crippen LogP contribution in [0.3, 0.4) is 0 Å². The fourth-order valence-electron chi connectivity index (χ4n) is 2.21. The Morgan fingerprint density at radius 1 is 1.12 bits per heavy atom. The van der Waals surface area contributed by atoms with Crippen molar-refractivity contribution in [3.05, 3.63) is 59.3 Å². The molecule has 3 rings (SSSR count). The quantitative estimate of drug-likeness (QED) is 0.754. The van der Waals surface area contributed by atoms with Crippen LogP contribution in [-0.2, 0) is 19.0 Å². The Bertz CT molecular complexity index is 514. The number of aromatic nitrogens is 1. The monoisotopic (exact) mass is 244 g/mol. The number of alkyl halides is 1. The van der Waals surface area contributed by atoms with Crippen molar-refractivity contribution in [3.63, 3.8) is 0 Å². The summed E-state index contributed by atoms with van der Waals surface area (Å²) in [5.41, 5.74) is 3.91. The minimum Gasteiger partial charge on any atom is -0.348 e. The molecule has 0 N–H and O–H groups in total. The summed E-state index contributed by atoms with van der Waals surface area (Å²) in [6.07, 6.45) is 1.83. The zero-order valence-electron chi connectivity index (χ0n) is 9.44. The van der Waals surface area contributed by atoms with E-state index >= 15 is 0 Å². The van der Waals surface area contributed by atoms with E-state index in [9.17, 15) is 0 Å². The van der Waals surface area contributed by atoms with Crippen LogP contribution in [0.15, 0.2) is 42.6 Å². The first kappa shape index (κ1) is 10.6. The molecule has 17 heavy (non-hydrogen) atoms. The van der Waals surface area contributed by atoms with Crippen LogP contribution in [0.2, 0.25) is 0 Å². The Labute approximate surface area is 106 Å². The van der Waals surface area contributed by atoms with Crippen LogP contribution in [0, 0.1) is 0 Å². The van der Waals surface area contributed by atoms with Crippen molar-refractivity contribution in [2.45, 2.75) is 19.0 Å². The van der Waals surface area contributed by atoms with E-state index in [4.69, 9.17) is 11.6 Å². The number of anilines is 1. The number of nitrogens with zero attached hydrogens (tertiary/aromatic N) is 2. The second kappa shape index (κ2) is 4.38. The van der Waals surface area contributed by atoms with Crippen molar-refractivity contribution >= 4 is 17.4 Å². The summed E-state index contributed by atoms with van der Waals surface area (Å²) in [5.74, 6) is 1.55. The number of benzene rings is 1. The van der Waals surface area contributed by atoms with E-state index < -0.39 is 0 Å². The number of fused-ring (bicyclic) bond motifs is 1. The van der Waals surface area contributed by atoms with Gasteiger partial charge in [-0.3, -0.25) is 0 Å². The average Bonchev–Trinajstić information content (AvgIpc) is 2.82. The maximum absolute atomic E-state index is 5.85. The molecule has 2 nitrogen and oxygen atoms in total. The average molecular weight is 245 g/mol. The minimum absolute atomic E-state index is 0.538. The van der Waals surface area contributed by atoms with E-state index in [0.29, 0.717) is 5.88 Å². The van der Waals surface area contributed by atoms with E-state index in [1.807, 2.05) is 12.3 Å². The molecule has 86 valence electrons. The standard InChI is InChI=1S/C14H13ClN2/c15-8-11-5-6-16-14(7-11)17-9-12-3-1-2-4-13(12)10-17/h1-7H,8-10H2. The predicted molar refractivity (Wildman–Crippen MR) is 70.1 cm³/mol. The lowest BCUT2D eigenvalue weighted by atomic mass is 10.1. The van der Waals surface area contributed by atoms with E-state index in [-0.39, 0.29) is 0 Å². The molecule has 0 aliphatic carbocycles. The molecule has 0 amide bonds. The van der Waals surface area contributed by atoms with Gasteiger partial charge in [0.25, 0.3) is 0 Å². The number of hydrogen-bond acceptors (Lipinski definition) is 2. The summed E-state index contributed by atoms with van der Waals surface area (Å²) in [6, 6.07) is 12.6. The summed E-state index contributed by atoms with van der Waals surface area (Å²) in [6.45, 7) is 1.88. The van der Waals surface area contributed by atoms with E-state index in [1.54, 1.807) is 0 Å². The number of pyridine rings is 1. The normalized spacial score (nSPS) is 13.8. The molecule has 0 atom stereocenters. The predicted octanol–water partition coefficient (Wildman–Crippen LogP) is 3.34. The molecule has 0 saturated heterocycles. The number of rotatable bonds is 2. The highest BCUT2D eigenvalue weighted by Crippen LogP contribution is 2.27. The molecule has 0 bridgehead atoms. The maximum Gasteiger partial charge on any atom is 0.129 e. The summed E-state index contributed by atoms with van der Waals surface area (Å²) in [7, 11) is 0. The molecule has 2 aromatic rings. The van der Waals surface area contributed by atoms with Gasteiger partial charge in [-0.2, -0.15) is 0 Å². The molecule has 0 radical (unpaired) electrons. The summed E-state index contributed by atoms with van der Waals surface area (Å²) in [5, 5.41) is 0. The van der Waals surface area contributed by atoms with Crippen LogP contribution in [0.1, 0.15) is 16.7 Å². The van der Waals surface area contributed by atoms with Crippen LogP contribution < -0.4 is 4.90 Å². The van der Waals surface area contributed by atoms with E-state index in [0.717, 1.165) is 24.5 Å². The Morgan fingerprint density at radius 3 is 2.47 bits per heavy atom. The molecule has 0 saturated carbocycles. The molecule has 0 spiro atoms. The Hall–Kier alpha value is -1.54. The van der Waals surface area contributed by atoms with Gasteiger partial charge in [0.1, 0.15) is 5.82 Å². The Kier molecular flexibility index (Phi) is 2.73. The van der Waals surface area contributed by atoms with Crippen LogP contribution in [0.4, 0.5) is 5.82 Å². The molecule has 0 fully saturated rings. The van der Waals surface area contributed by atoms with E-state index in [1.165, 1.54) is 11.1 Å². The number of halogens is 1. The second-order valence-electron chi connectivity index (χ2n) is 4.28. The number of hydrogen-bond donors (Lipinski definition) is 0. The van der Waals surface area contributed by atoms with Crippen LogP contribution in [0.5, 0.6) is 0 Å². The highest BCUT2D eigenvalue weighted by atomic mass is 35.5. The maximum atomic E-state index is 5.85. The van der Waals surface area contributed by atoms with Crippen molar-refractivity contribution in [3.8, 4) is 0 Å². The van der Waals surface area contributed by atoms with Crippen molar-refractivity contribution < 1.29 is 0 Å². The Morgan fingerprint density at radius 2 is 1.82 bits per heavy atom. The van der Waals surface area contributed by atoms with Crippen molar-refractivity contribution in [1.29, 1.82) is 0 Å². The van der Waals surface area contributed by atoms with Gasteiger partial charge in [-0.25, -0.2) is 4.98 Å². The van der Waals surface area contributed by atoms with Crippen LogP contribution >= 0.6 is 11.6 Å². The van der Waals surface area contributed by atoms with Crippen LogP contribution in [-0.4, -0.2) is 4.98 Å². The van der Waals surface area contributed by atoms with Crippen molar-refractivity contribution in [2.24, 2.45) is 0 Å². The van der Waals surface area contributed by atoms with Gasteiger partial charge in [0.15, 0.2) is 0 Å². The van der Waals surface area contributed by atoms with Gasteiger partial charge in [0, 0.05) is 25.2 Å². The van der Waals surface area contributed by atoms with Crippen molar-refractivity contribution in [2.75, 3.05) is 4.90 Å². The summed E-state index contributed by atoms with van der Waals surface area (Å²) >= 11 is 5.85. The third-order valence-corrected chi connectivity index (χ3v) is 3.44. The molecular weight excluding hydrogens is 232 g/mol. The van der Waals surface area contributed by atoms with Gasteiger partial charge < -0.3 is 4.90 Å². The Balaban J connectivity index is 1.88. The highest BCUT2D eigenvalue weighted by Gasteiger charge is 2.19. The van der Waals surface area contributed by atoms with Gasteiger partial charge in [0.05, 0.1) is 0 Å². The zero-order valence-corrected chi connectivity index (χ0v) is 10.2. The lowest BCUT2D eigenvalue weighted by Crippen LogP contribution is -2.15. The molecular formula is C14H13ClN2. The molecule has 1 aromatic heterocycles. The largest absolute Gasteiger partial charge is 0.348 e. The molecule has 3 heteroatoms. The molecule has 1 aliphatic rings. The van der Waals surface area contributed by atoms with E-state index in [2.05, 4.69) is 40.2 Å². The molecule has 2 heterocycles. The van der Waals surface area contributed by atoms with Gasteiger partial charge in [-0.1, -0.05) is 24.3 Å². The second-order valence-corrected chi connectivity index (χ2v) is 4.55. The minimum atomic E-state index is 0.538. The lowest BCUT2D eigenvalue weighted by molar-refractivity contribution is 0.855. The van der Waals surface area contributed by atoms with Gasteiger partial charge in [-0.05, 0) is 28.8 Å². The highest BCUT2D eigenvalue weighted by molar-refractivity contribution is 6.17. The first-order chi connectivity index (χ1) is 8.36. The van der Waals surface area contributed by atoms with Gasteiger partial charge >= 0.3 is 0 Å². The molecule has 1 aromatic carbocycles.